The number of pyridine rings is 1. The van der Waals surface area contributed by atoms with E-state index in [9.17, 15) is 4.79 Å². The average molecular weight is 392 g/mol. The molecule has 0 spiro atoms. The molecule has 4 nitrogen and oxygen atoms in total. The lowest BCUT2D eigenvalue weighted by molar-refractivity contribution is 0.0960. The van der Waals surface area contributed by atoms with Crippen LogP contribution in [0.4, 0.5) is 5.69 Å². The molecule has 1 amide bonds. The Labute approximate surface area is 170 Å². The molecule has 1 fully saturated rings. The largest absolute Gasteiger partial charge is 0.304 e. The summed E-state index contributed by atoms with van der Waals surface area (Å²) in [5, 5.41) is 3.89. The van der Waals surface area contributed by atoms with Crippen molar-refractivity contribution in [3.63, 3.8) is 0 Å². The van der Waals surface area contributed by atoms with Crippen molar-refractivity contribution in [3.05, 3.63) is 82.8 Å². The standard InChI is InChI=1S/C23H25N3OS/c27-23(20-11-16-28-18-20)26(22-7-4-12-24-17-22)21-9-14-25(15-10-21)13-8-19-5-2-1-3-6-19/h1-7,11-12,16-18,21H,8-10,13-15H2. The molecule has 1 aliphatic rings. The van der Waals surface area contributed by atoms with Gasteiger partial charge in [0.15, 0.2) is 0 Å². The van der Waals surface area contributed by atoms with Crippen molar-refractivity contribution in [2.45, 2.75) is 25.3 Å². The number of amides is 1. The number of carbonyl (C=O) groups excluding carboxylic acids is 1. The van der Waals surface area contributed by atoms with Gasteiger partial charge in [-0.3, -0.25) is 9.78 Å². The highest BCUT2D eigenvalue weighted by Gasteiger charge is 2.30. The van der Waals surface area contributed by atoms with Gasteiger partial charge >= 0.3 is 0 Å². The van der Waals surface area contributed by atoms with Crippen LogP contribution in [0, 0.1) is 0 Å². The number of thiophene rings is 1. The maximum absolute atomic E-state index is 13.2. The quantitative estimate of drug-likeness (QED) is 0.621. The minimum Gasteiger partial charge on any atom is -0.304 e. The number of carbonyl (C=O) groups is 1. The van der Waals surface area contributed by atoms with Crippen LogP contribution in [0.5, 0.6) is 0 Å². The fraction of sp³-hybridized carbons (Fsp3) is 0.304. The van der Waals surface area contributed by atoms with Crippen molar-refractivity contribution in [1.29, 1.82) is 0 Å². The number of aromatic nitrogens is 1. The van der Waals surface area contributed by atoms with Crippen molar-refractivity contribution in [3.8, 4) is 0 Å². The molecular formula is C23H25N3OS. The van der Waals surface area contributed by atoms with Gasteiger partial charge in [-0.05, 0) is 48.4 Å². The number of nitrogens with zero attached hydrogens (tertiary/aromatic N) is 3. The SMILES string of the molecule is O=C(c1ccsc1)N(c1cccnc1)C1CCN(CCc2ccccc2)CC1. The number of hydrogen-bond acceptors (Lipinski definition) is 4. The van der Waals surface area contributed by atoms with E-state index in [2.05, 4.69) is 40.2 Å². The van der Waals surface area contributed by atoms with Crippen molar-refractivity contribution >= 4 is 22.9 Å². The van der Waals surface area contributed by atoms with Gasteiger partial charge in [-0.2, -0.15) is 11.3 Å². The van der Waals surface area contributed by atoms with E-state index in [1.807, 2.05) is 33.9 Å². The molecule has 0 unspecified atom stereocenters. The smallest absolute Gasteiger partial charge is 0.259 e. The van der Waals surface area contributed by atoms with Gasteiger partial charge in [-0.15, -0.1) is 0 Å². The average Bonchev–Trinajstić information content (AvgIpc) is 3.30. The highest BCUT2D eigenvalue weighted by atomic mass is 32.1. The zero-order valence-corrected chi connectivity index (χ0v) is 16.7. The second-order valence-corrected chi connectivity index (χ2v) is 7.99. The predicted octanol–water partition coefficient (Wildman–Crippen LogP) is 4.50. The molecule has 144 valence electrons. The summed E-state index contributed by atoms with van der Waals surface area (Å²) < 4.78 is 0. The molecule has 0 bridgehead atoms. The van der Waals surface area contributed by atoms with E-state index in [1.165, 1.54) is 5.56 Å². The molecule has 0 atom stereocenters. The third kappa shape index (κ3) is 4.49. The second-order valence-electron chi connectivity index (χ2n) is 7.21. The summed E-state index contributed by atoms with van der Waals surface area (Å²) in [6.07, 6.45) is 6.60. The molecule has 4 rings (SSSR count). The van der Waals surface area contributed by atoms with E-state index in [1.54, 1.807) is 23.7 Å². The van der Waals surface area contributed by atoms with Gasteiger partial charge in [-0.1, -0.05) is 30.3 Å². The summed E-state index contributed by atoms with van der Waals surface area (Å²) in [5.41, 5.74) is 3.04. The molecule has 0 radical (unpaired) electrons. The Hall–Kier alpha value is -2.50. The Bertz CT molecular complexity index is 859. The van der Waals surface area contributed by atoms with Crippen molar-refractivity contribution in [1.82, 2.24) is 9.88 Å². The van der Waals surface area contributed by atoms with E-state index in [0.29, 0.717) is 0 Å². The lowest BCUT2D eigenvalue weighted by Gasteiger charge is -2.38. The normalized spacial score (nSPS) is 15.4. The summed E-state index contributed by atoms with van der Waals surface area (Å²) in [6.45, 7) is 3.11. The fourth-order valence-electron chi connectivity index (χ4n) is 3.85. The highest BCUT2D eigenvalue weighted by Crippen LogP contribution is 2.26. The maximum Gasteiger partial charge on any atom is 0.259 e. The van der Waals surface area contributed by atoms with Crippen LogP contribution >= 0.6 is 11.3 Å². The summed E-state index contributed by atoms with van der Waals surface area (Å²) in [7, 11) is 0. The minimum atomic E-state index is 0.0805. The lowest BCUT2D eigenvalue weighted by atomic mass is 10.0. The van der Waals surface area contributed by atoms with Crippen LogP contribution < -0.4 is 4.90 Å². The van der Waals surface area contributed by atoms with Crippen molar-refractivity contribution in [2.75, 3.05) is 24.5 Å². The molecule has 3 heterocycles. The van der Waals surface area contributed by atoms with Crippen molar-refractivity contribution in [2.24, 2.45) is 0 Å². The first-order chi connectivity index (χ1) is 13.8. The molecule has 0 N–H and O–H groups in total. The van der Waals surface area contributed by atoms with Gasteiger partial charge < -0.3 is 9.80 Å². The molecule has 1 saturated heterocycles. The minimum absolute atomic E-state index is 0.0805. The van der Waals surface area contributed by atoms with E-state index >= 15 is 0 Å². The number of benzene rings is 1. The van der Waals surface area contributed by atoms with Crippen LogP contribution in [0.3, 0.4) is 0 Å². The Morgan fingerprint density at radius 3 is 2.61 bits per heavy atom. The lowest BCUT2D eigenvalue weighted by Crippen LogP contribution is -2.48. The topological polar surface area (TPSA) is 36.4 Å². The molecule has 1 aliphatic heterocycles. The Morgan fingerprint density at radius 1 is 1.11 bits per heavy atom. The van der Waals surface area contributed by atoms with E-state index in [-0.39, 0.29) is 11.9 Å². The summed E-state index contributed by atoms with van der Waals surface area (Å²) in [5.74, 6) is 0.0805. The summed E-state index contributed by atoms with van der Waals surface area (Å²) in [6, 6.07) is 16.7. The zero-order valence-electron chi connectivity index (χ0n) is 15.9. The number of rotatable bonds is 6. The highest BCUT2D eigenvalue weighted by molar-refractivity contribution is 7.08. The number of likely N-dealkylation sites (tertiary alicyclic amines) is 1. The van der Waals surface area contributed by atoms with E-state index < -0.39 is 0 Å². The first-order valence-corrected chi connectivity index (χ1v) is 10.8. The number of piperidine rings is 1. The van der Waals surface area contributed by atoms with Gasteiger partial charge in [-0.25, -0.2) is 0 Å². The maximum atomic E-state index is 13.2. The van der Waals surface area contributed by atoms with Crippen LogP contribution in [0.1, 0.15) is 28.8 Å². The first kappa shape index (κ1) is 18.8. The molecule has 0 aliphatic carbocycles. The Morgan fingerprint density at radius 2 is 1.93 bits per heavy atom. The fourth-order valence-corrected chi connectivity index (χ4v) is 4.48. The summed E-state index contributed by atoms with van der Waals surface area (Å²) in [4.78, 5) is 21.9. The zero-order chi connectivity index (χ0) is 19.2. The van der Waals surface area contributed by atoms with Crippen molar-refractivity contribution < 1.29 is 4.79 Å². The second kappa shape index (κ2) is 9.13. The van der Waals surface area contributed by atoms with Gasteiger partial charge in [0.1, 0.15) is 0 Å². The van der Waals surface area contributed by atoms with Gasteiger partial charge in [0.2, 0.25) is 0 Å². The summed E-state index contributed by atoms with van der Waals surface area (Å²) >= 11 is 1.56. The van der Waals surface area contributed by atoms with Gasteiger partial charge in [0.05, 0.1) is 17.4 Å². The van der Waals surface area contributed by atoms with Crippen LogP contribution in [0.15, 0.2) is 71.7 Å². The van der Waals surface area contributed by atoms with E-state index in [4.69, 9.17) is 0 Å². The molecule has 28 heavy (non-hydrogen) atoms. The van der Waals surface area contributed by atoms with Gasteiger partial charge in [0, 0.05) is 37.3 Å². The molecule has 1 aromatic carbocycles. The molecule has 5 heteroatoms. The van der Waals surface area contributed by atoms with Crippen LogP contribution in [-0.2, 0) is 6.42 Å². The Balaban J connectivity index is 1.42. The number of anilines is 1. The molecule has 2 aromatic heterocycles. The van der Waals surface area contributed by atoms with Crippen LogP contribution in [-0.4, -0.2) is 41.5 Å². The van der Waals surface area contributed by atoms with Gasteiger partial charge in [0.25, 0.3) is 5.91 Å². The first-order valence-electron chi connectivity index (χ1n) is 9.83. The molecule has 3 aromatic rings. The Kier molecular flexibility index (Phi) is 6.14. The third-order valence-corrected chi connectivity index (χ3v) is 6.08. The van der Waals surface area contributed by atoms with E-state index in [0.717, 1.165) is 50.1 Å². The third-order valence-electron chi connectivity index (χ3n) is 5.39. The predicted molar refractivity (Wildman–Crippen MR) is 115 cm³/mol. The van der Waals surface area contributed by atoms with Crippen LogP contribution in [0.2, 0.25) is 0 Å². The van der Waals surface area contributed by atoms with Crippen LogP contribution in [0.25, 0.3) is 0 Å². The molecule has 0 saturated carbocycles. The number of hydrogen-bond donors (Lipinski definition) is 0. The monoisotopic (exact) mass is 391 g/mol. The molecular weight excluding hydrogens is 366 g/mol.